The van der Waals surface area contributed by atoms with Crippen LogP contribution in [0.1, 0.15) is 43.9 Å². The van der Waals surface area contributed by atoms with Gasteiger partial charge in [-0.3, -0.25) is 0 Å². The van der Waals surface area contributed by atoms with Gasteiger partial charge in [-0.2, -0.15) is 0 Å². The van der Waals surface area contributed by atoms with Crippen molar-refractivity contribution in [1.82, 2.24) is 5.32 Å². The minimum absolute atomic E-state index is 0.174. The van der Waals surface area contributed by atoms with Crippen molar-refractivity contribution in [2.75, 3.05) is 6.54 Å². The summed E-state index contributed by atoms with van der Waals surface area (Å²) in [5.74, 6) is -0.174. The van der Waals surface area contributed by atoms with Crippen LogP contribution >= 0.6 is 0 Å². The van der Waals surface area contributed by atoms with E-state index in [4.69, 9.17) is 0 Å². The zero-order valence-corrected chi connectivity index (χ0v) is 13.1. The quantitative estimate of drug-likeness (QED) is 0.764. The van der Waals surface area contributed by atoms with Gasteiger partial charge in [0.25, 0.3) is 0 Å². The molecule has 0 heterocycles. The molecule has 112 valence electrons. The van der Waals surface area contributed by atoms with Crippen LogP contribution < -0.4 is 5.32 Å². The smallest absolute Gasteiger partial charge is 0.124 e. The van der Waals surface area contributed by atoms with Gasteiger partial charge in [0.1, 0.15) is 5.82 Å². The van der Waals surface area contributed by atoms with Crippen molar-refractivity contribution in [2.24, 2.45) is 0 Å². The average Bonchev–Trinajstić information content (AvgIpc) is 2.47. The van der Waals surface area contributed by atoms with E-state index in [1.165, 1.54) is 5.56 Å². The first-order valence-electron chi connectivity index (χ1n) is 7.75. The predicted molar refractivity (Wildman–Crippen MR) is 87.9 cm³/mol. The molecule has 0 aliphatic carbocycles. The summed E-state index contributed by atoms with van der Waals surface area (Å²) in [6.07, 6.45) is 2.17. The number of hydrogen-bond acceptors (Lipinski definition) is 1. The first-order chi connectivity index (χ1) is 10.1. The van der Waals surface area contributed by atoms with E-state index < -0.39 is 0 Å². The van der Waals surface area contributed by atoms with E-state index in [9.17, 15) is 4.39 Å². The molecule has 0 amide bonds. The molecule has 1 atom stereocenters. The summed E-state index contributed by atoms with van der Waals surface area (Å²) >= 11 is 0. The van der Waals surface area contributed by atoms with Gasteiger partial charge in [0.15, 0.2) is 0 Å². The maximum absolute atomic E-state index is 13.6. The Labute approximate surface area is 127 Å². The molecule has 0 aliphatic heterocycles. The Hall–Kier alpha value is -1.67. The van der Waals surface area contributed by atoms with E-state index in [0.29, 0.717) is 6.04 Å². The highest BCUT2D eigenvalue weighted by Gasteiger charge is 2.09. The Morgan fingerprint density at radius 1 is 1.05 bits per heavy atom. The van der Waals surface area contributed by atoms with Crippen molar-refractivity contribution in [1.29, 1.82) is 0 Å². The summed E-state index contributed by atoms with van der Waals surface area (Å²) in [5.41, 5.74) is 4.24. The first-order valence-corrected chi connectivity index (χ1v) is 7.75. The fraction of sp³-hybridized carbons (Fsp3) is 0.368. The normalized spacial score (nSPS) is 12.4. The van der Waals surface area contributed by atoms with Gasteiger partial charge in [0.2, 0.25) is 0 Å². The molecule has 1 nitrogen and oxygen atoms in total. The topological polar surface area (TPSA) is 12.0 Å². The van der Waals surface area contributed by atoms with Crippen LogP contribution in [0.2, 0.25) is 0 Å². The summed E-state index contributed by atoms with van der Waals surface area (Å²) in [6.45, 7) is 7.30. The summed E-state index contributed by atoms with van der Waals surface area (Å²) in [5, 5.41) is 3.56. The van der Waals surface area contributed by atoms with Crippen molar-refractivity contribution in [3.63, 3.8) is 0 Å². The third kappa shape index (κ3) is 4.15. The zero-order valence-electron chi connectivity index (χ0n) is 13.1. The van der Waals surface area contributed by atoms with Crippen LogP contribution in [0.5, 0.6) is 0 Å². The van der Waals surface area contributed by atoms with Gasteiger partial charge < -0.3 is 5.32 Å². The Morgan fingerprint density at radius 3 is 2.52 bits per heavy atom. The van der Waals surface area contributed by atoms with Gasteiger partial charge in [0, 0.05) is 6.04 Å². The molecule has 0 saturated heterocycles. The molecule has 2 aromatic carbocycles. The molecular weight excluding hydrogens is 261 g/mol. The third-order valence-electron chi connectivity index (χ3n) is 3.71. The molecule has 1 N–H and O–H groups in total. The first kappa shape index (κ1) is 15.7. The Balaban J connectivity index is 2.32. The molecule has 0 aromatic heterocycles. The van der Waals surface area contributed by atoms with Crippen molar-refractivity contribution in [3.8, 4) is 11.1 Å². The van der Waals surface area contributed by atoms with Crippen LogP contribution in [-0.4, -0.2) is 6.54 Å². The van der Waals surface area contributed by atoms with Gasteiger partial charge in [0.05, 0.1) is 0 Å². The molecule has 2 heteroatoms. The second kappa shape index (κ2) is 7.37. The van der Waals surface area contributed by atoms with Crippen molar-refractivity contribution in [2.45, 2.75) is 39.7 Å². The van der Waals surface area contributed by atoms with Crippen LogP contribution in [0, 0.1) is 12.7 Å². The average molecular weight is 285 g/mol. The number of aryl methyl sites for hydroxylation is 1. The zero-order chi connectivity index (χ0) is 15.2. The Kier molecular flexibility index (Phi) is 5.51. The van der Waals surface area contributed by atoms with E-state index in [1.54, 1.807) is 12.1 Å². The van der Waals surface area contributed by atoms with Crippen LogP contribution in [0.15, 0.2) is 42.5 Å². The van der Waals surface area contributed by atoms with Crippen LogP contribution in [-0.2, 0) is 0 Å². The van der Waals surface area contributed by atoms with Crippen molar-refractivity contribution in [3.05, 3.63) is 59.4 Å². The lowest BCUT2D eigenvalue weighted by Gasteiger charge is -2.18. The molecule has 0 bridgehead atoms. The second-order valence-electron chi connectivity index (χ2n) is 5.56. The fourth-order valence-corrected chi connectivity index (χ4v) is 2.65. The number of hydrogen-bond donors (Lipinski definition) is 1. The summed E-state index contributed by atoms with van der Waals surface area (Å²) in [4.78, 5) is 0. The monoisotopic (exact) mass is 285 g/mol. The number of benzene rings is 2. The van der Waals surface area contributed by atoms with E-state index in [1.807, 2.05) is 19.1 Å². The highest BCUT2D eigenvalue weighted by Crippen LogP contribution is 2.26. The van der Waals surface area contributed by atoms with Gasteiger partial charge in [-0.1, -0.05) is 38.1 Å². The van der Waals surface area contributed by atoms with Crippen LogP contribution in [0.4, 0.5) is 4.39 Å². The van der Waals surface area contributed by atoms with Crippen LogP contribution in [0.25, 0.3) is 11.1 Å². The minimum atomic E-state index is -0.174. The number of nitrogens with one attached hydrogen (secondary N) is 1. The molecule has 2 aromatic rings. The molecule has 2 rings (SSSR count). The summed E-state index contributed by atoms with van der Waals surface area (Å²) in [6, 6.07) is 14.0. The lowest BCUT2D eigenvalue weighted by molar-refractivity contribution is 0.518. The molecule has 0 radical (unpaired) electrons. The third-order valence-corrected chi connectivity index (χ3v) is 3.71. The highest BCUT2D eigenvalue weighted by atomic mass is 19.1. The van der Waals surface area contributed by atoms with E-state index >= 15 is 0 Å². The second-order valence-corrected chi connectivity index (χ2v) is 5.56. The van der Waals surface area contributed by atoms with Gasteiger partial charge >= 0.3 is 0 Å². The number of rotatable bonds is 6. The van der Waals surface area contributed by atoms with Crippen molar-refractivity contribution >= 4 is 0 Å². The fourth-order valence-electron chi connectivity index (χ4n) is 2.65. The van der Waals surface area contributed by atoms with E-state index in [-0.39, 0.29) is 5.82 Å². The Bertz CT molecular complexity index is 572. The maximum Gasteiger partial charge on any atom is 0.124 e. The summed E-state index contributed by atoms with van der Waals surface area (Å²) in [7, 11) is 0. The predicted octanol–water partition coefficient (Wildman–Crippen LogP) is 5.25. The standard InChI is InChI=1S/C19H24FN/c1-4-9-21-19(5-2)16-8-6-7-15(12-16)17-10-14(3)11-18(20)13-17/h6-8,10-13,19,21H,4-5,9H2,1-3H3. The van der Waals surface area contributed by atoms with Gasteiger partial charge in [-0.15, -0.1) is 0 Å². The molecule has 21 heavy (non-hydrogen) atoms. The largest absolute Gasteiger partial charge is 0.310 e. The van der Waals surface area contributed by atoms with E-state index in [0.717, 1.165) is 36.1 Å². The van der Waals surface area contributed by atoms with Crippen LogP contribution in [0.3, 0.4) is 0 Å². The SMILES string of the molecule is CCCNC(CC)c1cccc(-c2cc(C)cc(F)c2)c1. The Morgan fingerprint density at radius 2 is 1.86 bits per heavy atom. The minimum Gasteiger partial charge on any atom is -0.310 e. The lowest BCUT2D eigenvalue weighted by atomic mass is 9.97. The molecule has 1 unspecified atom stereocenters. The van der Waals surface area contributed by atoms with E-state index in [2.05, 4.69) is 37.4 Å². The molecule has 0 saturated carbocycles. The van der Waals surface area contributed by atoms with Gasteiger partial charge in [-0.05, 0) is 66.8 Å². The highest BCUT2D eigenvalue weighted by molar-refractivity contribution is 5.65. The molecular formula is C19H24FN. The molecule has 0 spiro atoms. The van der Waals surface area contributed by atoms with Crippen molar-refractivity contribution < 1.29 is 4.39 Å². The lowest BCUT2D eigenvalue weighted by Crippen LogP contribution is -2.21. The maximum atomic E-state index is 13.6. The summed E-state index contributed by atoms with van der Waals surface area (Å²) < 4.78 is 13.6. The number of halogens is 1. The van der Waals surface area contributed by atoms with Gasteiger partial charge in [-0.25, -0.2) is 4.39 Å². The molecule has 0 aliphatic rings. The molecule has 0 fully saturated rings.